The molecule has 0 atom stereocenters. The van der Waals surface area contributed by atoms with Crippen molar-refractivity contribution in [2.75, 3.05) is 38.8 Å². The smallest absolute Gasteiger partial charge is 0.272 e. The molecule has 2 aliphatic rings. The van der Waals surface area contributed by atoms with Crippen molar-refractivity contribution >= 4 is 11.7 Å². The second kappa shape index (κ2) is 8.27. The second-order valence-electron chi connectivity index (χ2n) is 7.66. The summed E-state index contributed by atoms with van der Waals surface area (Å²) in [5.74, 6) is 2.93. The Morgan fingerprint density at radius 3 is 2.31 bits per heavy atom. The molecule has 1 aromatic heterocycles. The first-order valence-electron chi connectivity index (χ1n) is 10.2. The van der Waals surface area contributed by atoms with E-state index in [1.54, 1.807) is 14.2 Å². The number of carbonyl (C=O) groups is 1. The Bertz CT molecular complexity index is 909. The van der Waals surface area contributed by atoms with Gasteiger partial charge in [0, 0.05) is 32.2 Å². The van der Waals surface area contributed by atoms with E-state index in [0.717, 1.165) is 56.2 Å². The van der Waals surface area contributed by atoms with E-state index in [9.17, 15) is 4.79 Å². The van der Waals surface area contributed by atoms with E-state index in [1.165, 1.54) is 17.5 Å². The Morgan fingerprint density at radius 1 is 0.931 bits per heavy atom. The number of hydrogen-bond donors (Lipinski definition) is 0. The van der Waals surface area contributed by atoms with Gasteiger partial charge in [0.2, 0.25) is 0 Å². The molecule has 1 aromatic carbocycles. The molecule has 7 nitrogen and oxygen atoms in total. The minimum Gasteiger partial charge on any atom is -0.493 e. The van der Waals surface area contributed by atoms with E-state index < -0.39 is 0 Å². The summed E-state index contributed by atoms with van der Waals surface area (Å²) < 4.78 is 10.9. The lowest BCUT2D eigenvalue weighted by molar-refractivity contribution is 0.0718. The van der Waals surface area contributed by atoms with Crippen molar-refractivity contribution in [2.24, 2.45) is 0 Å². The average Bonchev–Trinajstić information content (AvgIpc) is 2.77. The third-order valence-corrected chi connectivity index (χ3v) is 5.73. The molecule has 2 aliphatic heterocycles. The van der Waals surface area contributed by atoms with Gasteiger partial charge in [-0.2, -0.15) is 0 Å². The Kier molecular flexibility index (Phi) is 5.56. The van der Waals surface area contributed by atoms with Gasteiger partial charge in [0.25, 0.3) is 5.91 Å². The molecule has 7 heteroatoms. The molecule has 0 bridgehead atoms. The lowest BCUT2D eigenvalue weighted by Gasteiger charge is -2.31. The Hall–Kier alpha value is -2.83. The SMILES string of the molecule is COc1cc2c(cc1OC)CN(c1cc(C(=O)N3CCCCC3)nc(C)n1)CC2. The molecule has 1 amide bonds. The van der Waals surface area contributed by atoms with Crippen LogP contribution in [-0.2, 0) is 13.0 Å². The van der Waals surface area contributed by atoms with E-state index in [2.05, 4.69) is 20.9 Å². The lowest BCUT2D eigenvalue weighted by Crippen LogP contribution is -2.37. The number of piperidine rings is 1. The summed E-state index contributed by atoms with van der Waals surface area (Å²) in [5.41, 5.74) is 2.94. The van der Waals surface area contributed by atoms with Crippen LogP contribution >= 0.6 is 0 Å². The van der Waals surface area contributed by atoms with Gasteiger partial charge in [0.05, 0.1) is 14.2 Å². The van der Waals surface area contributed by atoms with Gasteiger partial charge >= 0.3 is 0 Å². The molecule has 0 N–H and O–H groups in total. The molecule has 0 unspecified atom stereocenters. The Labute approximate surface area is 171 Å². The number of likely N-dealkylation sites (tertiary alicyclic amines) is 1. The third kappa shape index (κ3) is 3.99. The van der Waals surface area contributed by atoms with E-state index in [-0.39, 0.29) is 5.91 Å². The van der Waals surface area contributed by atoms with Crippen LogP contribution in [0, 0.1) is 6.92 Å². The van der Waals surface area contributed by atoms with E-state index in [4.69, 9.17) is 9.47 Å². The van der Waals surface area contributed by atoms with Crippen LogP contribution in [0.15, 0.2) is 18.2 Å². The fourth-order valence-corrected chi connectivity index (χ4v) is 4.16. The number of aryl methyl sites for hydroxylation is 1. The highest BCUT2D eigenvalue weighted by Gasteiger charge is 2.24. The highest BCUT2D eigenvalue weighted by molar-refractivity contribution is 5.93. The number of aromatic nitrogens is 2. The number of benzene rings is 1. The maximum Gasteiger partial charge on any atom is 0.272 e. The number of rotatable bonds is 4. The van der Waals surface area contributed by atoms with Gasteiger partial charge in [-0.15, -0.1) is 0 Å². The average molecular weight is 396 g/mol. The molecule has 29 heavy (non-hydrogen) atoms. The Balaban J connectivity index is 1.59. The van der Waals surface area contributed by atoms with E-state index in [1.807, 2.05) is 24.0 Å². The first-order chi connectivity index (χ1) is 14.1. The van der Waals surface area contributed by atoms with Crippen molar-refractivity contribution in [2.45, 2.75) is 39.2 Å². The summed E-state index contributed by atoms with van der Waals surface area (Å²) in [4.78, 5) is 26.1. The van der Waals surface area contributed by atoms with Crippen LogP contribution in [0.3, 0.4) is 0 Å². The first-order valence-corrected chi connectivity index (χ1v) is 10.2. The molecule has 1 fully saturated rings. The Morgan fingerprint density at radius 2 is 1.62 bits per heavy atom. The van der Waals surface area contributed by atoms with Crippen LogP contribution in [-0.4, -0.2) is 54.6 Å². The minimum atomic E-state index is 0.0141. The highest BCUT2D eigenvalue weighted by atomic mass is 16.5. The number of ether oxygens (including phenoxy) is 2. The van der Waals surface area contributed by atoms with Crippen LogP contribution in [0.25, 0.3) is 0 Å². The molecular weight excluding hydrogens is 368 g/mol. The summed E-state index contributed by atoms with van der Waals surface area (Å²) in [5, 5.41) is 0. The first kappa shape index (κ1) is 19.5. The molecule has 0 aliphatic carbocycles. The van der Waals surface area contributed by atoms with Gasteiger partial charge in [0.1, 0.15) is 17.3 Å². The normalized spacial score (nSPS) is 16.4. The highest BCUT2D eigenvalue weighted by Crippen LogP contribution is 2.34. The number of amides is 1. The summed E-state index contributed by atoms with van der Waals surface area (Å²) in [6.45, 7) is 5.02. The number of hydrogen-bond acceptors (Lipinski definition) is 6. The number of anilines is 1. The van der Waals surface area contributed by atoms with Crippen molar-refractivity contribution in [3.8, 4) is 11.5 Å². The van der Waals surface area contributed by atoms with Crippen molar-refractivity contribution in [1.29, 1.82) is 0 Å². The fourth-order valence-electron chi connectivity index (χ4n) is 4.16. The predicted molar refractivity (Wildman–Crippen MR) is 111 cm³/mol. The minimum absolute atomic E-state index is 0.0141. The van der Waals surface area contributed by atoms with Gasteiger partial charge in [0.15, 0.2) is 11.5 Å². The van der Waals surface area contributed by atoms with Gasteiger partial charge in [-0.05, 0) is 55.9 Å². The van der Waals surface area contributed by atoms with E-state index >= 15 is 0 Å². The molecule has 4 rings (SSSR count). The van der Waals surface area contributed by atoms with Crippen molar-refractivity contribution in [3.63, 3.8) is 0 Å². The maximum atomic E-state index is 12.9. The molecule has 0 spiro atoms. The zero-order valence-corrected chi connectivity index (χ0v) is 17.4. The largest absolute Gasteiger partial charge is 0.493 e. The number of methoxy groups -OCH3 is 2. The molecular formula is C22H28N4O3. The van der Waals surface area contributed by atoms with Crippen molar-refractivity contribution in [3.05, 3.63) is 40.8 Å². The van der Waals surface area contributed by atoms with Crippen LogP contribution in [0.4, 0.5) is 5.82 Å². The van der Waals surface area contributed by atoms with Gasteiger partial charge in [-0.25, -0.2) is 9.97 Å². The van der Waals surface area contributed by atoms with Crippen LogP contribution in [0.5, 0.6) is 11.5 Å². The molecule has 3 heterocycles. The standard InChI is InChI=1S/C22H28N4O3/c1-15-23-18(22(27)25-8-5-4-6-9-25)13-21(24-15)26-10-7-16-11-19(28-2)20(29-3)12-17(16)14-26/h11-13H,4-10,14H2,1-3H3. The van der Waals surface area contributed by atoms with E-state index in [0.29, 0.717) is 18.1 Å². The number of fused-ring (bicyclic) bond motifs is 1. The van der Waals surface area contributed by atoms with Gasteiger partial charge < -0.3 is 19.3 Å². The second-order valence-corrected chi connectivity index (χ2v) is 7.66. The van der Waals surface area contributed by atoms with Crippen molar-refractivity contribution < 1.29 is 14.3 Å². The zero-order valence-electron chi connectivity index (χ0n) is 17.4. The molecule has 0 radical (unpaired) electrons. The zero-order chi connectivity index (χ0) is 20.4. The number of nitrogens with zero attached hydrogens (tertiary/aromatic N) is 4. The maximum absolute atomic E-state index is 12.9. The molecule has 1 saturated heterocycles. The third-order valence-electron chi connectivity index (χ3n) is 5.73. The molecule has 154 valence electrons. The molecule has 2 aromatic rings. The number of carbonyl (C=O) groups excluding carboxylic acids is 1. The van der Waals surface area contributed by atoms with Crippen molar-refractivity contribution in [1.82, 2.24) is 14.9 Å². The monoisotopic (exact) mass is 396 g/mol. The van der Waals surface area contributed by atoms with Crippen LogP contribution < -0.4 is 14.4 Å². The van der Waals surface area contributed by atoms with Crippen LogP contribution in [0.2, 0.25) is 0 Å². The predicted octanol–water partition coefficient (Wildman–Crippen LogP) is 2.99. The lowest BCUT2D eigenvalue weighted by atomic mass is 9.98. The quantitative estimate of drug-likeness (QED) is 0.792. The summed E-state index contributed by atoms with van der Waals surface area (Å²) in [7, 11) is 3.31. The van der Waals surface area contributed by atoms with Gasteiger partial charge in [-0.1, -0.05) is 0 Å². The summed E-state index contributed by atoms with van der Waals surface area (Å²) in [6, 6.07) is 5.94. The molecule has 0 saturated carbocycles. The van der Waals surface area contributed by atoms with Crippen LogP contribution in [0.1, 0.15) is 46.7 Å². The summed E-state index contributed by atoms with van der Waals surface area (Å²) >= 11 is 0. The fraction of sp³-hybridized carbons (Fsp3) is 0.500. The summed E-state index contributed by atoms with van der Waals surface area (Å²) in [6.07, 6.45) is 4.21. The topological polar surface area (TPSA) is 67.8 Å². The van der Waals surface area contributed by atoms with Gasteiger partial charge in [-0.3, -0.25) is 4.79 Å².